The van der Waals surface area contributed by atoms with Crippen molar-refractivity contribution in [3.05, 3.63) is 0 Å². The van der Waals surface area contributed by atoms with E-state index in [2.05, 4.69) is 37.2 Å². The minimum absolute atomic E-state index is 0.126. The number of carbonyl (C=O) groups is 2. The van der Waals surface area contributed by atoms with E-state index in [-0.39, 0.29) is 12.2 Å². The third kappa shape index (κ3) is 9.38. The zero-order valence-corrected chi connectivity index (χ0v) is 14.9. The number of carbonyl (C=O) groups excluding carboxylic acids is 2. The molecule has 0 spiro atoms. The molecule has 0 rings (SSSR count). The molecule has 112 valence electrons. The van der Waals surface area contributed by atoms with Crippen molar-refractivity contribution in [1.29, 1.82) is 0 Å². The number of halogens is 3. The number of nitrogens with one attached hydrogen (secondary N) is 1. The Kier molecular flexibility index (Phi) is 6.95. The lowest BCUT2D eigenvalue weighted by Gasteiger charge is -2.26. The maximum Gasteiger partial charge on any atom is 0.408 e. The molecular formula is C12H20Br2FNO3. The number of hydrogen-bond acceptors (Lipinski definition) is 3. The highest BCUT2D eigenvalue weighted by atomic mass is 79.9. The van der Waals surface area contributed by atoms with Gasteiger partial charge in [0.2, 0.25) is 0 Å². The summed E-state index contributed by atoms with van der Waals surface area (Å²) >= 11 is 6.10. The topological polar surface area (TPSA) is 55.4 Å². The van der Waals surface area contributed by atoms with E-state index >= 15 is 0 Å². The summed E-state index contributed by atoms with van der Waals surface area (Å²) in [4.78, 5) is 23.5. The van der Waals surface area contributed by atoms with Crippen LogP contribution in [0.2, 0.25) is 0 Å². The van der Waals surface area contributed by atoms with Crippen molar-refractivity contribution in [1.82, 2.24) is 5.32 Å². The number of alkyl carbamates (subject to hydrolysis) is 1. The van der Waals surface area contributed by atoms with Gasteiger partial charge in [-0.2, -0.15) is 0 Å². The second kappa shape index (κ2) is 7.02. The molecule has 0 aliphatic carbocycles. The Morgan fingerprint density at radius 1 is 1.21 bits per heavy atom. The van der Waals surface area contributed by atoms with Gasteiger partial charge in [0.05, 0.1) is 6.04 Å². The lowest BCUT2D eigenvalue weighted by Crippen LogP contribution is -2.47. The SMILES string of the molecule is CC(C)(F)C[C@H](NC(=O)OC(C)(C)C)C(=O)C(Br)Br. The van der Waals surface area contributed by atoms with Crippen molar-refractivity contribution >= 4 is 43.7 Å². The first-order chi connectivity index (χ1) is 8.32. The van der Waals surface area contributed by atoms with E-state index in [4.69, 9.17) is 4.74 Å². The maximum absolute atomic E-state index is 13.7. The molecule has 0 radical (unpaired) electrons. The first-order valence-corrected chi connectivity index (χ1v) is 7.65. The van der Waals surface area contributed by atoms with Crippen LogP contribution >= 0.6 is 31.9 Å². The standard InChI is InChI=1S/C12H20Br2FNO3/c1-11(2,3)19-10(18)16-7(6-12(4,5)15)8(17)9(13)14/h7,9H,6H2,1-5H3,(H,16,18)/t7-/m0/s1. The van der Waals surface area contributed by atoms with Gasteiger partial charge in [-0.15, -0.1) is 0 Å². The zero-order chi connectivity index (χ0) is 15.4. The Morgan fingerprint density at radius 2 is 1.68 bits per heavy atom. The largest absolute Gasteiger partial charge is 0.444 e. The normalized spacial score (nSPS) is 14.2. The molecule has 0 aromatic rings. The summed E-state index contributed by atoms with van der Waals surface area (Å²) in [5.74, 6) is -0.364. The molecule has 0 heterocycles. The average molecular weight is 405 g/mol. The number of ketones is 1. The molecule has 1 atom stereocenters. The van der Waals surface area contributed by atoms with Gasteiger partial charge in [0.1, 0.15) is 15.0 Å². The molecule has 0 unspecified atom stereocenters. The molecule has 0 saturated carbocycles. The molecule has 1 N–H and O–H groups in total. The first kappa shape index (κ1) is 18.8. The summed E-state index contributed by atoms with van der Waals surface area (Å²) in [7, 11) is 0. The van der Waals surface area contributed by atoms with Crippen molar-refractivity contribution in [3.63, 3.8) is 0 Å². The Balaban J connectivity index is 4.78. The van der Waals surface area contributed by atoms with Crippen LogP contribution in [0.25, 0.3) is 0 Å². The Labute approximate surface area is 130 Å². The van der Waals surface area contributed by atoms with Crippen LogP contribution in [0.3, 0.4) is 0 Å². The van der Waals surface area contributed by atoms with Gasteiger partial charge in [0.25, 0.3) is 0 Å². The van der Waals surface area contributed by atoms with Crippen LogP contribution in [0.4, 0.5) is 9.18 Å². The minimum Gasteiger partial charge on any atom is -0.444 e. The van der Waals surface area contributed by atoms with E-state index in [0.29, 0.717) is 0 Å². The van der Waals surface area contributed by atoms with Gasteiger partial charge in [-0.25, -0.2) is 9.18 Å². The second-order valence-electron chi connectivity index (χ2n) is 5.82. The Hall–Kier alpha value is -0.170. The second-order valence-corrected chi connectivity index (χ2v) is 8.88. The first-order valence-electron chi connectivity index (χ1n) is 5.82. The van der Waals surface area contributed by atoms with Crippen molar-refractivity contribution in [2.45, 2.75) is 62.1 Å². The highest BCUT2D eigenvalue weighted by Gasteiger charge is 2.32. The number of rotatable bonds is 5. The van der Waals surface area contributed by atoms with Gasteiger partial charge < -0.3 is 10.1 Å². The molecule has 7 heteroatoms. The van der Waals surface area contributed by atoms with Crippen LogP contribution in [0, 0.1) is 0 Å². The van der Waals surface area contributed by atoms with Crippen molar-refractivity contribution in [2.24, 2.45) is 0 Å². The quantitative estimate of drug-likeness (QED) is 0.710. The molecule has 1 amide bonds. The summed E-state index contributed by atoms with van der Waals surface area (Å²) < 4.78 is 18.1. The summed E-state index contributed by atoms with van der Waals surface area (Å²) in [5, 5.41) is 2.40. The summed E-state index contributed by atoms with van der Waals surface area (Å²) in [5.41, 5.74) is -2.25. The lowest BCUT2D eigenvalue weighted by molar-refractivity contribution is -0.119. The smallest absolute Gasteiger partial charge is 0.408 e. The molecule has 0 saturated heterocycles. The van der Waals surface area contributed by atoms with E-state index < -0.39 is 27.1 Å². The van der Waals surface area contributed by atoms with Gasteiger partial charge in [0.15, 0.2) is 5.78 Å². The number of Topliss-reactive ketones (excluding diaryl/α,β-unsaturated/α-hetero) is 1. The Morgan fingerprint density at radius 3 is 2.00 bits per heavy atom. The maximum atomic E-state index is 13.7. The number of amides is 1. The third-order valence-electron chi connectivity index (χ3n) is 1.94. The molecule has 0 aromatic heterocycles. The molecule has 0 bridgehead atoms. The lowest BCUT2D eigenvalue weighted by atomic mass is 9.98. The fourth-order valence-electron chi connectivity index (χ4n) is 1.31. The predicted octanol–water partition coefficient (Wildman–Crippen LogP) is 3.70. The molecule has 0 aliphatic rings. The van der Waals surface area contributed by atoms with Crippen LogP contribution in [0.15, 0.2) is 0 Å². The van der Waals surface area contributed by atoms with Crippen LogP contribution in [-0.4, -0.2) is 32.9 Å². The Bertz CT molecular complexity index is 335. The van der Waals surface area contributed by atoms with E-state index in [1.807, 2.05) is 0 Å². The molecule has 4 nitrogen and oxygen atoms in total. The van der Waals surface area contributed by atoms with E-state index in [9.17, 15) is 14.0 Å². The van der Waals surface area contributed by atoms with E-state index in [1.54, 1.807) is 20.8 Å². The number of ether oxygens (including phenoxy) is 1. The highest BCUT2D eigenvalue weighted by molar-refractivity contribution is 9.25. The van der Waals surface area contributed by atoms with Crippen molar-refractivity contribution in [3.8, 4) is 0 Å². The van der Waals surface area contributed by atoms with Gasteiger partial charge >= 0.3 is 6.09 Å². The molecular weight excluding hydrogens is 385 g/mol. The average Bonchev–Trinajstić information content (AvgIpc) is 2.09. The van der Waals surface area contributed by atoms with Crippen molar-refractivity contribution < 1.29 is 18.7 Å². The highest BCUT2D eigenvalue weighted by Crippen LogP contribution is 2.21. The molecule has 0 aliphatic heterocycles. The van der Waals surface area contributed by atoms with Gasteiger partial charge in [-0.1, -0.05) is 31.9 Å². The number of alkyl halides is 3. The van der Waals surface area contributed by atoms with Crippen LogP contribution in [0.1, 0.15) is 41.0 Å². The summed E-state index contributed by atoms with van der Waals surface area (Å²) in [6.45, 7) is 7.82. The van der Waals surface area contributed by atoms with E-state index in [0.717, 1.165) is 0 Å². The van der Waals surface area contributed by atoms with Crippen LogP contribution < -0.4 is 5.32 Å². The van der Waals surface area contributed by atoms with Crippen molar-refractivity contribution in [2.75, 3.05) is 0 Å². The zero-order valence-electron chi connectivity index (χ0n) is 11.7. The predicted molar refractivity (Wildman–Crippen MR) is 79.6 cm³/mol. The van der Waals surface area contributed by atoms with Gasteiger partial charge in [0, 0.05) is 6.42 Å². The summed E-state index contributed by atoms with van der Waals surface area (Å²) in [6, 6.07) is -0.960. The molecule has 19 heavy (non-hydrogen) atoms. The number of hydrogen-bond donors (Lipinski definition) is 1. The fourth-order valence-corrected chi connectivity index (χ4v) is 1.95. The molecule has 0 fully saturated rings. The minimum atomic E-state index is -1.58. The third-order valence-corrected chi connectivity index (χ3v) is 2.84. The molecule has 0 aromatic carbocycles. The van der Waals surface area contributed by atoms with Crippen LogP contribution in [0.5, 0.6) is 0 Å². The fraction of sp³-hybridized carbons (Fsp3) is 0.833. The van der Waals surface area contributed by atoms with Crippen LogP contribution in [-0.2, 0) is 9.53 Å². The monoisotopic (exact) mass is 403 g/mol. The van der Waals surface area contributed by atoms with Gasteiger partial charge in [-0.05, 0) is 34.6 Å². The van der Waals surface area contributed by atoms with E-state index in [1.165, 1.54) is 13.8 Å². The summed E-state index contributed by atoms with van der Waals surface area (Å²) in [6.07, 6.45) is -0.866. The van der Waals surface area contributed by atoms with Gasteiger partial charge in [-0.3, -0.25) is 4.79 Å².